The van der Waals surface area contributed by atoms with E-state index in [9.17, 15) is 40.7 Å². The van der Waals surface area contributed by atoms with Gasteiger partial charge in [-0.3, -0.25) is 14.6 Å². The summed E-state index contributed by atoms with van der Waals surface area (Å²) in [6.07, 6.45) is -7.10. The lowest BCUT2D eigenvalue weighted by atomic mass is 9.90. The van der Waals surface area contributed by atoms with Crippen LogP contribution in [0.4, 0.5) is 48.2 Å². The van der Waals surface area contributed by atoms with Gasteiger partial charge >= 0.3 is 18.4 Å². The zero-order valence-corrected chi connectivity index (χ0v) is 27.6. The van der Waals surface area contributed by atoms with Crippen LogP contribution in [0, 0.1) is 5.92 Å². The van der Waals surface area contributed by atoms with Gasteiger partial charge in [-0.2, -0.15) is 26.3 Å². The fourth-order valence-corrected chi connectivity index (χ4v) is 7.71. The van der Waals surface area contributed by atoms with E-state index in [1.165, 1.54) is 16.2 Å². The average Bonchev–Trinajstić information content (AvgIpc) is 3.54. The van der Waals surface area contributed by atoms with Gasteiger partial charge in [0, 0.05) is 74.7 Å². The number of urea groups is 1. The number of nitrogens with two attached hydrogens (primary N) is 1. The molecule has 10 nitrogen and oxygen atoms in total. The molecule has 50 heavy (non-hydrogen) atoms. The number of benzene rings is 1. The van der Waals surface area contributed by atoms with E-state index >= 15 is 0 Å². The van der Waals surface area contributed by atoms with Crippen LogP contribution in [0.15, 0.2) is 48.1 Å². The smallest absolute Gasteiger partial charge is 0.398 e. The number of hydrogen-bond donors (Lipinski definition) is 2. The second-order valence-corrected chi connectivity index (χ2v) is 13.7. The lowest BCUT2D eigenvalue weighted by Crippen LogP contribution is -2.52. The summed E-state index contributed by atoms with van der Waals surface area (Å²) in [5.41, 5.74) is 1.88. The summed E-state index contributed by atoms with van der Waals surface area (Å²) >= 11 is 1.53. The molecule has 2 fully saturated rings. The summed E-state index contributed by atoms with van der Waals surface area (Å²) in [5.74, 6) is -2.20. The maximum absolute atomic E-state index is 14.0. The minimum Gasteiger partial charge on any atom is -0.398 e. The first-order chi connectivity index (χ1) is 23.7. The molecule has 0 unspecified atom stereocenters. The predicted molar refractivity (Wildman–Crippen MR) is 174 cm³/mol. The Balaban J connectivity index is 1.19. The van der Waals surface area contributed by atoms with Crippen molar-refractivity contribution in [2.75, 3.05) is 55.2 Å². The summed E-state index contributed by atoms with van der Waals surface area (Å²) in [4.78, 5) is 52.2. The number of carbonyl (C=O) groups excluding carboxylic acids is 3. The maximum atomic E-state index is 14.0. The Morgan fingerprint density at radius 3 is 2.14 bits per heavy atom. The highest BCUT2D eigenvalue weighted by molar-refractivity contribution is 7.10. The second kappa shape index (κ2) is 14.0. The number of nitrogens with one attached hydrogen (secondary N) is 1. The lowest BCUT2D eigenvalue weighted by molar-refractivity contribution is -0.142. The number of likely N-dealkylation sites (tertiary alicyclic amines) is 1. The molecule has 1 aromatic carbocycles. The molecule has 2 saturated heterocycles. The van der Waals surface area contributed by atoms with Crippen molar-refractivity contribution >= 4 is 46.2 Å². The summed E-state index contributed by atoms with van der Waals surface area (Å²) in [5, 5.41) is 4.77. The Bertz CT molecular complexity index is 1680. The lowest BCUT2D eigenvalue weighted by Gasteiger charge is -2.40. The molecule has 3 aromatic rings. The van der Waals surface area contributed by atoms with Gasteiger partial charge in [-0.25, -0.2) is 4.79 Å². The van der Waals surface area contributed by atoms with Gasteiger partial charge in [-0.15, -0.1) is 11.3 Å². The molecular weight excluding hydrogens is 688 g/mol. The number of anilines is 3. The number of fused-ring (bicyclic) bond motifs is 1. The number of piperazine rings is 1. The third kappa shape index (κ3) is 7.61. The Labute approximate surface area is 287 Å². The van der Waals surface area contributed by atoms with Crippen molar-refractivity contribution in [1.29, 1.82) is 0 Å². The summed E-state index contributed by atoms with van der Waals surface area (Å²) in [7, 11) is 0. The van der Waals surface area contributed by atoms with Crippen LogP contribution in [0.5, 0.6) is 0 Å². The molecule has 0 bridgehead atoms. The van der Waals surface area contributed by atoms with E-state index in [-0.39, 0.29) is 38.3 Å². The zero-order valence-electron chi connectivity index (χ0n) is 26.8. The van der Waals surface area contributed by atoms with E-state index in [4.69, 9.17) is 5.73 Å². The van der Waals surface area contributed by atoms with E-state index in [0.717, 1.165) is 16.3 Å². The van der Waals surface area contributed by atoms with Gasteiger partial charge in [0.15, 0.2) is 0 Å². The highest BCUT2D eigenvalue weighted by Gasteiger charge is 2.42. The molecule has 3 N–H and O–H groups in total. The minimum absolute atomic E-state index is 0.139. The number of nitrogens with zero attached hydrogens (tertiary/aromatic N) is 5. The first-order valence-corrected chi connectivity index (χ1v) is 17.0. The van der Waals surface area contributed by atoms with Gasteiger partial charge in [-0.05, 0) is 60.5 Å². The molecule has 5 heterocycles. The van der Waals surface area contributed by atoms with E-state index in [0.29, 0.717) is 44.6 Å². The van der Waals surface area contributed by atoms with Crippen molar-refractivity contribution < 1.29 is 40.7 Å². The van der Waals surface area contributed by atoms with Crippen LogP contribution in [0.2, 0.25) is 0 Å². The van der Waals surface area contributed by atoms with Gasteiger partial charge in [-0.1, -0.05) is 0 Å². The molecular formula is C33H35F6N7O3S. The SMILES string of the molecule is Nc1c(C(F)(F)F)cc(C[C@@H](CC(=O)N2CCC(N3Cc4sccc4NC3=O)CC2)C(=O)N2CCN(c3ccncc3)CC2)cc1C(F)(F)F. The van der Waals surface area contributed by atoms with Gasteiger partial charge in [0.1, 0.15) is 0 Å². The molecule has 3 aliphatic rings. The normalized spacial score (nSPS) is 18.2. The molecule has 2 aromatic heterocycles. The van der Waals surface area contributed by atoms with Crippen LogP contribution < -0.4 is 16.0 Å². The minimum atomic E-state index is -5.18. The molecule has 4 amide bonds. The molecule has 6 rings (SSSR count). The van der Waals surface area contributed by atoms with Gasteiger partial charge in [0.2, 0.25) is 11.8 Å². The molecule has 0 aliphatic carbocycles. The number of alkyl halides is 6. The van der Waals surface area contributed by atoms with E-state index in [1.54, 1.807) is 22.2 Å². The zero-order chi connectivity index (χ0) is 35.8. The number of nitrogen functional groups attached to an aromatic ring is 1. The van der Waals surface area contributed by atoms with Crippen LogP contribution in [0.25, 0.3) is 0 Å². The Kier molecular flexibility index (Phi) is 9.88. The molecule has 0 spiro atoms. The third-order valence-electron chi connectivity index (χ3n) is 9.54. The molecule has 17 heteroatoms. The number of amides is 4. The number of halogens is 6. The number of pyridine rings is 1. The molecule has 3 aliphatic heterocycles. The standard InChI is InChI=1S/C33H35F6N7O3S/c34-32(35,36)24-16-20(17-25(29(24)40)33(37,38)39)15-21(30(48)45-12-10-43(11-13-45)22-1-6-41-7-2-22)18-28(47)44-8-3-23(4-9-44)46-19-27-26(5-14-50-27)42-31(46)49/h1-2,5-7,14,16-17,21,23H,3-4,8-13,15,18-19,40H2,(H,42,49)/t21-/m0/s1. The number of aromatic nitrogens is 1. The maximum Gasteiger partial charge on any atom is 0.418 e. The molecule has 0 saturated carbocycles. The number of rotatable bonds is 7. The van der Waals surface area contributed by atoms with Gasteiger partial charge < -0.3 is 30.7 Å². The van der Waals surface area contributed by atoms with E-state index in [1.807, 2.05) is 28.5 Å². The summed E-state index contributed by atoms with van der Waals surface area (Å²) < 4.78 is 83.0. The number of hydrogen-bond acceptors (Lipinski definition) is 7. The monoisotopic (exact) mass is 723 g/mol. The average molecular weight is 724 g/mol. The van der Waals surface area contributed by atoms with Gasteiger partial charge in [0.05, 0.1) is 35.0 Å². The molecule has 1 atom stereocenters. The van der Waals surface area contributed by atoms with Crippen molar-refractivity contribution in [3.63, 3.8) is 0 Å². The fraction of sp³-hybridized carbons (Fsp3) is 0.455. The topological polar surface area (TPSA) is 115 Å². The van der Waals surface area contributed by atoms with Crippen LogP contribution >= 0.6 is 11.3 Å². The van der Waals surface area contributed by atoms with Crippen LogP contribution in [-0.2, 0) is 34.9 Å². The van der Waals surface area contributed by atoms with Crippen molar-refractivity contribution in [3.05, 3.63) is 69.7 Å². The first-order valence-electron chi connectivity index (χ1n) is 16.1. The van der Waals surface area contributed by atoms with Crippen molar-refractivity contribution in [2.45, 2.75) is 50.6 Å². The van der Waals surface area contributed by atoms with Crippen molar-refractivity contribution in [3.8, 4) is 0 Å². The third-order valence-corrected chi connectivity index (χ3v) is 10.4. The fourth-order valence-electron chi connectivity index (χ4n) is 6.88. The second-order valence-electron chi connectivity index (χ2n) is 12.7. The van der Waals surface area contributed by atoms with E-state index < -0.39 is 65.3 Å². The Hall–Kier alpha value is -4.54. The van der Waals surface area contributed by atoms with Crippen LogP contribution in [0.3, 0.4) is 0 Å². The van der Waals surface area contributed by atoms with Crippen LogP contribution in [-0.4, -0.2) is 82.8 Å². The van der Waals surface area contributed by atoms with Crippen molar-refractivity contribution in [2.24, 2.45) is 5.92 Å². The number of thiophene rings is 1. The summed E-state index contributed by atoms with van der Waals surface area (Å²) in [6, 6.07) is 6.17. The number of carbonyl (C=O) groups is 3. The van der Waals surface area contributed by atoms with E-state index in [2.05, 4.69) is 10.3 Å². The highest BCUT2D eigenvalue weighted by Crippen LogP contribution is 2.42. The molecule has 0 radical (unpaired) electrons. The Morgan fingerprint density at radius 1 is 0.920 bits per heavy atom. The first kappa shape index (κ1) is 35.3. The largest absolute Gasteiger partial charge is 0.418 e. The Morgan fingerprint density at radius 2 is 1.54 bits per heavy atom. The number of piperidine rings is 1. The molecule has 268 valence electrons. The van der Waals surface area contributed by atoms with Crippen LogP contribution in [0.1, 0.15) is 40.8 Å². The van der Waals surface area contributed by atoms with Crippen molar-refractivity contribution in [1.82, 2.24) is 19.7 Å². The predicted octanol–water partition coefficient (Wildman–Crippen LogP) is 5.70. The highest BCUT2D eigenvalue weighted by atomic mass is 32.1. The quantitative estimate of drug-likeness (QED) is 0.239. The summed E-state index contributed by atoms with van der Waals surface area (Å²) in [6.45, 7) is 2.33. The van der Waals surface area contributed by atoms with Gasteiger partial charge in [0.25, 0.3) is 0 Å².